The molecular formula is C8H18N2O. The van der Waals surface area contributed by atoms with Gasteiger partial charge >= 0.3 is 0 Å². The number of nitrogens with zero attached hydrogens (tertiary/aromatic N) is 1. The molecule has 0 aliphatic heterocycles. The Hall–Kier alpha value is -0.700. The van der Waals surface area contributed by atoms with E-state index in [0.29, 0.717) is 5.88 Å². The first-order valence-electron chi connectivity index (χ1n) is 3.95. The van der Waals surface area contributed by atoms with Gasteiger partial charge in [0, 0.05) is 14.1 Å². The SMILES string of the molecule is C=C(OCCCC)N(C)NC. The van der Waals surface area contributed by atoms with E-state index in [9.17, 15) is 0 Å². The zero-order chi connectivity index (χ0) is 8.69. The van der Waals surface area contributed by atoms with Gasteiger partial charge in [0.15, 0.2) is 5.88 Å². The molecule has 0 amide bonds. The van der Waals surface area contributed by atoms with Gasteiger partial charge in [0.1, 0.15) is 0 Å². The van der Waals surface area contributed by atoms with Crippen LogP contribution in [0.15, 0.2) is 12.5 Å². The van der Waals surface area contributed by atoms with E-state index in [-0.39, 0.29) is 0 Å². The lowest BCUT2D eigenvalue weighted by molar-refractivity contribution is 0.104. The Balaban J connectivity index is 3.36. The average molecular weight is 158 g/mol. The molecule has 0 rings (SSSR count). The Morgan fingerprint density at radius 3 is 2.73 bits per heavy atom. The van der Waals surface area contributed by atoms with E-state index in [1.54, 1.807) is 5.01 Å². The Kier molecular flexibility index (Phi) is 5.65. The summed E-state index contributed by atoms with van der Waals surface area (Å²) in [7, 11) is 3.70. The normalized spacial score (nSPS) is 9.36. The Morgan fingerprint density at radius 2 is 2.27 bits per heavy atom. The minimum atomic E-state index is 0.668. The molecule has 0 aliphatic carbocycles. The maximum Gasteiger partial charge on any atom is 0.196 e. The number of unbranched alkanes of at least 4 members (excludes halogenated alkanes) is 1. The van der Waals surface area contributed by atoms with Crippen molar-refractivity contribution < 1.29 is 4.74 Å². The molecule has 3 heteroatoms. The summed E-state index contributed by atoms with van der Waals surface area (Å²) in [5.41, 5.74) is 2.90. The van der Waals surface area contributed by atoms with Crippen molar-refractivity contribution in [3.8, 4) is 0 Å². The van der Waals surface area contributed by atoms with Gasteiger partial charge in [0.25, 0.3) is 0 Å². The first-order valence-corrected chi connectivity index (χ1v) is 3.95. The Labute approximate surface area is 69.0 Å². The van der Waals surface area contributed by atoms with Crippen LogP contribution in [0.1, 0.15) is 19.8 Å². The van der Waals surface area contributed by atoms with Crippen LogP contribution in [0.5, 0.6) is 0 Å². The van der Waals surface area contributed by atoms with Crippen LogP contribution in [0.2, 0.25) is 0 Å². The fourth-order valence-electron chi connectivity index (χ4n) is 0.556. The van der Waals surface area contributed by atoms with E-state index >= 15 is 0 Å². The quantitative estimate of drug-likeness (QED) is 0.358. The van der Waals surface area contributed by atoms with Gasteiger partial charge in [0.05, 0.1) is 6.61 Å². The summed E-state index contributed by atoms with van der Waals surface area (Å²) >= 11 is 0. The number of rotatable bonds is 6. The number of hydrogen-bond donors (Lipinski definition) is 1. The van der Waals surface area contributed by atoms with Crippen LogP contribution < -0.4 is 5.43 Å². The lowest BCUT2D eigenvalue weighted by atomic mass is 10.4. The first-order chi connectivity index (χ1) is 5.22. The lowest BCUT2D eigenvalue weighted by Crippen LogP contribution is -2.30. The van der Waals surface area contributed by atoms with Crippen molar-refractivity contribution in [2.45, 2.75) is 19.8 Å². The molecule has 0 atom stereocenters. The van der Waals surface area contributed by atoms with Crippen molar-refractivity contribution in [1.29, 1.82) is 0 Å². The predicted octanol–water partition coefficient (Wildman–Crippen LogP) is 1.34. The molecule has 66 valence electrons. The van der Waals surface area contributed by atoms with E-state index < -0.39 is 0 Å². The van der Waals surface area contributed by atoms with Crippen LogP contribution in [0.3, 0.4) is 0 Å². The fourth-order valence-corrected chi connectivity index (χ4v) is 0.556. The molecule has 0 aromatic rings. The van der Waals surface area contributed by atoms with Gasteiger partial charge in [-0.15, -0.1) is 0 Å². The molecular weight excluding hydrogens is 140 g/mol. The molecule has 0 bridgehead atoms. The van der Waals surface area contributed by atoms with Gasteiger partial charge in [-0.3, -0.25) is 5.01 Å². The number of nitrogens with one attached hydrogen (secondary N) is 1. The van der Waals surface area contributed by atoms with Crippen LogP contribution in [0, 0.1) is 0 Å². The molecule has 0 heterocycles. The van der Waals surface area contributed by atoms with Crippen molar-refractivity contribution in [3.63, 3.8) is 0 Å². The van der Waals surface area contributed by atoms with Crippen molar-refractivity contribution in [1.82, 2.24) is 10.4 Å². The minimum absolute atomic E-state index is 0.668. The molecule has 0 aromatic carbocycles. The van der Waals surface area contributed by atoms with E-state index in [2.05, 4.69) is 18.9 Å². The van der Waals surface area contributed by atoms with Crippen LogP contribution in [0.4, 0.5) is 0 Å². The van der Waals surface area contributed by atoms with Crippen LogP contribution in [-0.2, 0) is 4.74 Å². The standard InChI is InChI=1S/C8H18N2O/c1-5-6-7-11-8(2)10(4)9-3/h9H,2,5-7H2,1,3-4H3. The number of hydrogen-bond acceptors (Lipinski definition) is 3. The summed E-state index contributed by atoms with van der Waals surface area (Å²) in [6.45, 7) is 6.62. The summed E-state index contributed by atoms with van der Waals surface area (Å²) < 4.78 is 5.30. The summed E-state index contributed by atoms with van der Waals surface area (Å²) in [5.74, 6) is 0.668. The Morgan fingerprint density at radius 1 is 1.64 bits per heavy atom. The van der Waals surface area contributed by atoms with Crippen molar-refractivity contribution in [2.24, 2.45) is 0 Å². The molecule has 11 heavy (non-hydrogen) atoms. The molecule has 0 saturated heterocycles. The first kappa shape index (κ1) is 10.3. The largest absolute Gasteiger partial charge is 0.479 e. The average Bonchev–Trinajstić information content (AvgIpc) is 2.03. The minimum Gasteiger partial charge on any atom is -0.479 e. The Bertz CT molecular complexity index is 115. The highest BCUT2D eigenvalue weighted by Gasteiger charge is 1.97. The number of ether oxygens (including phenoxy) is 1. The molecule has 0 saturated carbocycles. The predicted molar refractivity (Wildman–Crippen MR) is 46.8 cm³/mol. The summed E-state index contributed by atoms with van der Waals surface area (Å²) in [6, 6.07) is 0. The third-order valence-electron chi connectivity index (χ3n) is 1.48. The maximum absolute atomic E-state index is 5.30. The highest BCUT2D eigenvalue weighted by molar-refractivity contribution is 4.77. The molecule has 0 spiro atoms. The van der Waals surface area contributed by atoms with E-state index in [0.717, 1.165) is 19.4 Å². The van der Waals surface area contributed by atoms with Gasteiger partial charge in [-0.25, -0.2) is 5.43 Å². The van der Waals surface area contributed by atoms with Gasteiger partial charge in [-0.2, -0.15) is 0 Å². The maximum atomic E-state index is 5.30. The molecule has 3 nitrogen and oxygen atoms in total. The van der Waals surface area contributed by atoms with Crippen LogP contribution in [0.25, 0.3) is 0 Å². The monoisotopic (exact) mass is 158 g/mol. The second-order valence-corrected chi connectivity index (χ2v) is 2.38. The third-order valence-corrected chi connectivity index (χ3v) is 1.48. The molecule has 0 aliphatic rings. The zero-order valence-corrected chi connectivity index (χ0v) is 7.68. The van der Waals surface area contributed by atoms with Crippen molar-refractivity contribution in [3.05, 3.63) is 12.5 Å². The van der Waals surface area contributed by atoms with Gasteiger partial charge in [-0.05, 0) is 13.0 Å². The molecule has 1 N–H and O–H groups in total. The smallest absolute Gasteiger partial charge is 0.196 e. The summed E-state index contributed by atoms with van der Waals surface area (Å²) in [4.78, 5) is 0. The van der Waals surface area contributed by atoms with Gasteiger partial charge < -0.3 is 4.74 Å². The van der Waals surface area contributed by atoms with Crippen LogP contribution >= 0.6 is 0 Å². The molecule has 0 aromatic heterocycles. The van der Waals surface area contributed by atoms with Crippen molar-refractivity contribution >= 4 is 0 Å². The van der Waals surface area contributed by atoms with E-state index in [1.807, 2.05) is 14.1 Å². The fraction of sp³-hybridized carbons (Fsp3) is 0.750. The van der Waals surface area contributed by atoms with Crippen molar-refractivity contribution in [2.75, 3.05) is 20.7 Å². The molecule has 0 unspecified atom stereocenters. The number of hydrazine groups is 1. The lowest BCUT2D eigenvalue weighted by Gasteiger charge is -2.19. The topological polar surface area (TPSA) is 24.5 Å². The van der Waals surface area contributed by atoms with Crippen LogP contribution in [-0.4, -0.2) is 25.7 Å². The summed E-state index contributed by atoms with van der Waals surface area (Å²) in [6.07, 6.45) is 2.23. The van der Waals surface area contributed by atoms with Gasteiger partial charge in [-0.1, -0.05) is 13.3 Å². The second kappa shape index (κ2) is 6.04. The molecule has 0 radical (unpaired) electrons. The van der Waals surface area contributed by atoms with E-state index in [4.69, 9.17) is 4.74 Å². The summed E-state index contributed by atoms with van der Waals surface area (Å²) in [5, 5.41) is 1.75. The molecule has 0 fully saturated rings. The third kappa shape index (κ3) is 4.67. The second-order valence-electron chi connectivity index (χ2n) is 2.38. The van der Waals surface area contributed by atoms with Gasteiger partial charge in [0.2, 0.25) is 0 Å². The highest BCUT2D eigenvalue weighted by atomic mass is 16.5. The highest BCUT2D eigenvalue weighted by Crippen LogP contribution is 1.98. The van der Waals surface area contributed by atoms with E-state index in [1.165, 1.54) is 0 Å². The zero-order valence-electron chi connectivity index (χ0n) is 7.68.